The summed E-state index contributed by atoms with van der Waals surface area (Å²) in [6, 6.07) is 8.02. The van der Waals surface area contributed by atoms with Crippen LogP contribution in [0.1, 0.15) is 17.5 Å². The maximum absolute atomic E-state index is 9.05. The van der Waals surface area contributed by atoms with Crippen molar-refractivity contribution in [3.05, 3.63) is 54.1 Å². The van der Waals surface area contributed by atoms with Crippen LogP contribution in [0.15, 0.2) is 43.0 Å². The van der Waals surface area contributed by atoms with E-state index >= 15 is 0 Å². The van der Waals surface area contributed by atoms with Crippen molar-refractivity contribution in [2.24, 2.45) is 0 Å². The molecule has 0 amide bonds. The predicted octanol–water partition coefficient (Wildman–Crippen LogP) is 1.56. The highest BCUT2D eigenvalue weighted by Gasteiger charge is 1.95. The quantitative estimate of drug-likeness (QED) is 0.728. The number of benzene rings is 1. The lowest BCUT2D eigenvalue weighted by Gasteiger charge is -2.06. The van der Waals surface area contributed by atoms with Gasteiger partial charge in [-0.15, -0.1) is 0 Å². The molecule has 1 aromatic heterocycles. The van der Waals surface area contributed by atoms with Gasteiger partial charge in [-0.1, -0.05) is 24.3 Å². The Labute approximate surface area is 107 Å². The first-order valence-corrected chi connectivity index (χ1v) is 6.23. The molecule has 0 aliphatic carbocycles. The molecule has 0 aliphatic heterocycles. The van der Waals surface area contributed by atoms with Crippen LogP contribution in [0.25, 0.3) is 0 Å². The summed E-state index contributed by atoms with van der Waals surface area (Å²) >= 11 is 0. The Balaban J connectivity index is 1.65. The van der Waals surface area contributed by atoms with Crippen LogP contribution in [0.4, 0.5) is 0 Å². The molecule has 0 fully saturated rings. The van der Waals surface area contributed by atoms with Crippen molar-refractivity contribution in [2.45, 2.75) is 26.1 Å². The van der Waals surface area contributed by atoms with E-state index in [0.717, 1.165) is 31.6 Å². The number of rotatable bonds is 7. The second-order valence-corrected chi connectivity index (χ2v) is 4.31. The zero-order valence-electron chi connectivity index (χ0n) is 10.4. The Kier molecular flexibility index (Phi) is 4.93. The number of hydrogen-bond donors (Lipinski definition) is 2. The lowest BCUT2D eigenvalue weighted by molar-refractivity contribution is 0.281. The molecule has 1 aromatic carbocycles. The van der Waals surface area contributed by atoms with E-state index in [2.05, 4.69) is 20.9 Å². The van der Waals surface area contributed by atoms with E-state index in [1.807, 2.05) is 30.7 Å². The molecule has 0 unspecified atom stereocenters. The second kappa shape index (κ2) is 6.93. The van der Waals surface area contributed by atoms with Crippen molar-refractivity contribution in [3.63, 3.8) is 0 Å². The smallest absolute Gasteiger partial charge is 0.0945 e. The first-order valence-electron chi connectivity index (χ1n) is 6.23. The van der Waals surface area contributed by atoms with Crippen LogP contribution >= 0.6 is 0 Å². The summed E-state index contributed by atoms with van der Waals surface area (Å²) < 4.78 is 2.08. The standard InChI is InChI=1S/C14H19N3O/c18-11-14-4-1-3-13(9-14)10-15-5-2-7-17-8-6-16-12-17/h1,3-4,6,8-9,12,15,18H,2,5,7,10-11H2. The number of aliphatic hydroxyl groups excluding tert-OH is 1. The maximum Gasteiger partial charge on any atom is 0.0945 e. The Morgan fingerprint density at radius 1 is 1.28 bits per heavy atom. The van der Waals surface area contributed by atoms with E-state index in [0.29, 0.717) is 0 Å². The predicted molar refractivity (Wildman–Crippen MR) is 70.9 cm³/mol. The molecular formula is C14H19N3O. The van der Waals surface area contributed by atoms with Crippen molar-refractivity contribution < 1.29 is 5.11 Å². The van der Waals surface area contributed by atoms with Gasteiger partial charge in [-0.05, 0) is 24.1 Å². The van der Waals surface area contributed by atoms with Gasteiger partial charge < -0.3 is 15.0 Å². The highest BCUT2D eigenvalue weighted by molar-refractivity contribution is 5.22. The summed E-state index contributed by atoms with van der Waals surface area (Å²) in [5.41, 5.74) is 2.18. The zero-order valence-corrected chi connectivity index (χ0v) is 10.4. The van der Waals surface area contributed by atoms with E-state index in [-0.39, 0.29) is 6.61 Å². The Morgan fingerprint density at radius 3 is 2.94 bits per heavy atom. The lowest BCUT2D eigenvalue weighted by Crippen LogP contribution is -2.16. The molecule has 0 spiro atoms. The molecule has 2 aromatic rings. The number of aryl methyl sites for hydroxylation is 1. The average Bonchev–Trinajstić information content (AvgIpc) is 2.92. The monoisotopic (exact) mass is 245 g/mol. The summed E-state index contributed by atoms with van der Waals surface area (Å²) in [4.78, 5) is 4.01. The number of hydrogen-bond acceptors (Lipinski definition) is 3. The molecule has 0 saturated heterocycles. The minimum absolute atomic E-state index is 0.106. The molecule has 2 rings (SSSR count). The molecule has 18 heavy (non-hydrogen) atoms. The third-order valence-corrected chi connectivity index (χ3v) is 2.83. The van der Waals surface area contributed by atoms with Gasteiger partial charge in [-0.25, -0.2) is 4.98 Å². The fourth-order valence-electron chi connectivity index (χ4n) is 1.88. The average molecular weight is 245 g/mol. The van der Waals surface area contributed by atoms with E-state index in [4.69, 9.17) is 5.11 Å². The molecule has 0 saturated carbocycles. The molecule has 96 valence electrons. The van der Waals surface area contributed by atoms with Crippen LogP contribution in [-0.4, -0.2) is 21.2 Å². The van der Waals surface area contributed by atoms with E-state index in [1.165, 1.54) is 5.56 Å². The first-order chi connectivity index (χ1) is 8.88. The topological polar surface area (TPSA) is 50.1 Å². The molecule has 2 N–H and O–H groups in total. The van der Waals surface area contributed by atoms with E-state index < -0.39 is 0 Å². The molecule has 0 aliphatic rings. The molecule has 4 heteroatoms. The van der Waals surface area contributed by atoms with Gasteiger partial charge in [0.1, 0.15) is 0 Å². The van der Waals surface area contributed by atoms with Crippen molar-refractivity contribution in [1.82, 2.24) is 14.9 Å². The molecule has 1 heterocycles. The van der Waals surface area contributed by atoms with E-state index in [9.17, 15) is 0 Å². The Morgan fingerprint density at radius 2 is 2.17 bits per heavy atom. The Hall–Kier alpha value is -1.65. The Bertz CT molecular complexity index is 454. The number of aromatic nitrogens is 2. The number of aliphatic hydroxyl groups is 1. The van der Waals surface area contributed by atoms with Crippen molar-refractivity contribution in [1.29, 1.82) is 0 Å². The van der Waals surface area contributed by atoms with Gasteiger partial charge in [0.05, 0.1) is 12.9 Å². The largest absolute Gasteiger partial charge is 0.392 e. The normalized spacial score (nSPS) is 10.7. The van der Waals surface area contributed by atoms with Gasteiger partial charge in [-0.2, -0.15) is 0 Å². The van der Waals surface area contributed by atoms with Crippen molar-refractivity contribution in [2.75, 3.05) is 6.54 Å². The summed E-state index contributed by atoms with van der Waals surface area (Å²) in [5.74, 6) is 0. The summed E-state index contributed by atoms with van der Waals surface area (Å²) in [7, 11) is 0. The second-order valence-electron chi connectivity index (χ2n) is 4.31. The van der Waals surface area contributed by atoms with Gasteiger partial charge >= 0.3 is 0 Å². The number of nitrogens with zero attached hydrogens (tertiary/aromatic N) is 2. The highest BCUT2D eigenvalue weighted by Crippen LogP contribution is 2.04. The fourth-order valence-corrected chi connectivity index (χ4v) is 1.88. The third kappa shape index (κ3) is 3.98. The third-order valence-electron chi connectivity index (χ3n) is 2.83. The van der Waals surface area contributed by atoms with Crippen LogP contribution in [0.3, 0.4) is 0 Å². The summed E-state index contributed by atoms with van der Waals surface area (Å²) in [6.07, 6.45) is 6.69. The van der Waals surface area contributed by atoms with Crippen LogP contribution in [0.5, 0.6) is 0 Å². The van der Waals surface area contributed by atoms with Crippen molar-refractivity contribution in [3.8, 4) is 0 Å². The molecule has 0 atom stereocenters. The number of nitrogens with one attached hydrogen (secondary N) is 1. The van der Waals surface area contributed by atoms with Gasteiger partial charge in [0.15, 0.2) is 0 Å². The fraction of sp³-hybridized carbons (Fsp3) is 0.357. The number of imidazole rings is 1. The van der Waals surface area contributed by atoms with Gasteiger partial charge in [0, 0.05) is 25.5 Å². The summed E-state index contributed by atoms with van der Waals surface area (Å²) in [6.45, 7) is 2.91. The molecule has 0 bridgehead atoms. The van der Waals surface area contributed by atoms with Crippen LogP contribution in [0, 0.1) is 0 Å². The zero-order chi connectivity index (χ0) is 12.6. The van der Waals surface area contributed by atoms with Gasteiger partial charge in [-0.3, -0.25) is 0 Å². The molecule has 4 nitrogen and oxygen atoms in total. The molecular weight excluding hydrogens is 226 g/mol. The summed E-state index contributed by atoms with van der Waals surface area (Å²) in [5, 5.41) is 12.4. The minimum Gasteiger partial charge on any atom is -0.392 e. The van der Waals surface area contributed by atoms with Crippen molar-refractivity contribution >= 4 is 0 Å². The minimum atomic E-state index is 0.106. The maximum atomic E-state index is 9.05. The highest BCUT2D eigenvalue weighted by atomic mass is 16.3. The van der Waals surface area contributed by atoms with Crippen LogP contribution in [0.2, 0.25) is 0 Å². The van der Waals surface area contributed by atoms with Gasteiger partial charge in [0.25, 0.3) is 0 Å². The molecule has 0 radical (unpaired) electrons. The van der Waals surface area contributed by atoms with Gasteiger partial charge in [0.2, 0.25) is 0 Å². The van der Waals surface area contributed by atoms with Crippen LogP contribution in [-0.2, 0) is 19.7 Å². The lowest BCUT2D eigenvalue weighted by atomic mass is 10.1. The van der Waals surface area contributed by atoms with Crippen LogP contribution < -0.4 is 5.32 Å². The first kappa shape index (κ1) is 12.8. The SMILES string of the molecule is OCc1cccc(CNCCCn2ccnc2)c1. The van der Waals surface area contributed by atoms with E-state index in [1.54, 1.807) is 6.20 Å².